The van der Waals surface area contributed by atoms with E-state index < -0.39 is 0 Å². The smallest absolute Gasteiger partial charge is 0.140 e. The fourth-order valence-electron chi connectivity index (χ4n) is 2.03. The van der Waals surface area contributed by atoms with Crippen LogP contribution in [0.1, 0.15) is 25.1 Å². The van der Waals surface area contributed by atoms with Crippen molar-refractivity contribution in [2.45, 2.75) is 33.9 Å². The van der Waals surface area contributed by atoms with Crippen molar-refractivity contribution in [3.05, 3.63) is 29.6 Å². The number of pyridine rings is 1. The van der Waals surface area contributed by atoms with Crippen molar-refractivity contribution in [3.63, 3.8) is 0 Å². The van der Waals surface area contributed by atoms with E-state index in [1.54, 1.807) is 0 Å². The Balaban J connectivity index is 0.000000457. The topological polar surface area (TPSA) is 27.1 Å². The molecule has 3 heterocycles. The first-order chi connectivity index (χ1) is 7.86. The third-order valence-electron chi connectivity index (χ3n) is 2.81. The highest BCUT2D eigenvalue weighted by atomic mass is 16.5. The van der Waals surface area contributed by atoms with Crippen LogP contribution in [0.2, 0.25) is 0 Å². The molecule has 16 heavy (non-hydrogen) atoms. The molecule has 0 aromatic carbocycles. The number of aryl methyl sites for hydroxylation is 1. The molecule has 2 aromatic rings. The van der Waals surface area contributed by atoms with Crippen LogP contribution in [-0.2, 0) is 17.9 Å². The zero-order valence-electron chi connectivity index (χ0n) is 10.2. The molecule has 1 aliphatic rings. The predicted octanol–water partition coefficient (Wildman–Crippen LogP) is 2.90. The summed E-state index contributed by atoms with van der Waals surface area (Å²) in [6.07, 6.45) is 1.88. The van der Waals surface area contributed by atoms with E-state index in [0.717, 1.165) is 25.4 Å². The summed E-state index contributed by atoms with van der Waals surface area (Å²) in [5.41, 5.74) is 3.63. The number of fused-ring (bicyclic) bond motifs is 3. The Morgan fingerprint density at radius 1 is 1.38 bits per heavy atom. The average Bonchev–Trinajstić information content (AvgIpc) is 2.72. The van der Waals surface area contributed by atoms with Crippen molar-refractivity contribution in [2.24, 2.45) is 0 Å². The fourth-order valence-corrected chi connectivity index (χ4v) is 2.03. The van der Waals surface area contributed by atoms with E-state index in [1.807, 2.05) is 20.0 Å². The summed E-state index contributed by atoms with van der Waals surface area (Å²) >= 11 is 0. The van der Waals surface area contributed by atoms with Crippen LogP contribution in [0.4, 0.5) is 0 Å². The second-order valence-electron chi connectivity index (χ2n) is 3.71. The van der Waals surface area contributed by atoms with Crippen molar-refractivity contribution >= 4 is 11.0 Å². The molecule has 3 heteroatoms. The Bertz CT molecular complexity index is 488. The molecular formula is C13H18N2O. The first kappa shape index (κ1) is 11.1. The average molecular weight is 218 g/mol. The van der Waals surface area contributed by atoms with E-state index in [9.17, 15) is 0 Å². The molecule has 3 nitrogen and oxygen atoms in total. The minimum Gasteiger partial charge on any atom is -0.373 e. The molecule has 0 radical (unpaired) electrons. The van der Waals surface area contributed by atoms with Crippen molar-refractivity contribution in [1.82, 2.24) is 9.55 Å². The van der Waals surface area contributed by atoms with Crippen LogP contribution >= 0.6 is 0 Å². The molecule has 0 saturated heterocycles. The van der Waals surface area contributed by atoms with Crippen LogP contribution in [-0.4, -0.2) is 16.2 Å². The zero-order chi connectivity index (χ0) is 11.5. The van der Waals surface area contributed by atoms with Gasteiger partial charge in [-0.3, -0.25) is 0 Å². The van der Waals surface area contributed by atoms with Gasteiger partial charge in [0.25, 0.3) is 0 Å². The second kappa shape index (κ2) is 4.66. The predicted molar refractivity (Wildman–Crippen MR) is 65.5 cm³/mol. The Morgan fingerprint density at radius 2 is 2.19 bits per heavy atom. The molecular weight excluding hydrogens is 200 g/mol. The highest BCUT2D eigenvalue weighted by Crippen LogP contribution is 2.23. The largest absolute Gasteiger partial charge is 0.373 e. The third kappa shape index (κ3) is 1.71. The summed E-state index contributed by atoms with van der Waals surface area (Å²) in [6, 6.07) is 4.24. The highest BCUT2D eigenvalue weighted by molar-refractivity contribution is 5.81. The van der Waals surface area contributed by atoms with Crippen molar-refractivity contribution in [2.75, 3.05) is 6.61 Å². The van der Waals surface area contributed by atoms with E-state index in [1.165, 1.54) is 16.6 Å². The van der Waals surface area contributed by atoms with Crippen molar-refractivity contribution in [1.29, 1.82) is 0 Å². The van der Waals surface area contributed by atoms with Crippen molar-refractivity contribution in [3.8, 4) is 0 Å². The normalized spacial score (nSPS) is 14.2. The lowest BCUT2D eigenvalue weighted by molar-refractivity contribution is 0.0863. The summed E-state index contributed by atoms with van der Waals surface area (Å²) in [7, 11) is 0. The maximum absolute atomic E-state index is 5.42. The molecule has 0 N–H and O–H groups in total. The van der Waals surface area contributed by atoms with Crippen LogP contribution < -0.4 is 0 Å². The van der Waals surface area contributed by atoms with Gasteiger partial charge < -0.3 is 9.30 Å². The molecule has 0 spiro atoms. The summed E-state index contributed by atoms with van der Waals surface area (Å²) in [4.78, 5) is 4.42. The molecule has 86 valence electrons. The van der Waals surface area contributed by atoms with Crippen LogP contribution in [0.5, 0.6) is 0 Å². The summed E-state index contributed by atoms with van der Waals surface area (Å²) in [5, 5.41) is 1.26. The molecule has 0 fully saturated rings. The molecule has 0 unspecified atom stereocenters. The molecule has 2 aromatic heterocycles. The standard InChI is InChI=1S/C11H12N2O.C2H6/c1-8-2-3-12-11-10(8)6-9-7-14-5-4-13(9)11;1-2/h2-3,6H,4-5,7H2,1H3;1-2H3. The highest BCUT2D eigenvalue weighted by Gasteiger charge is 2.14. The maximum Gasteiger partial charge on any atom is 0.140 e. The Labute approximate surface area is 96.1 Å². The Kier molecular flexibility index (Phi) is 3.25. The van der Waals surface area contributed by atoms with E-state index in [-0.39, 0.29) is 0 Å². The van der Waals surface area contributed by atoms with Gasteiger partial charge in [-0.25, -0.2) is 4.98 Å². The number of ether oxygens (including phenoxy) is 1. The van der Waals surface area contributed by atoms with Crippen LogP contribution in [0.3, 0.4) is 0 Å². The molecule has 0 aliphatic carbocycles. The van der Waals surface area contributed by atoms with Gasteiger partial charge in [-0.05, 0) is 24.6 Å². The van der Waals surface area contributed by atoms with Gasteiger partial charge in [0, 0.05) is 23.8 Å². The van der Waals surface area contributed by atoms with Gasteiger partial charge in [-0.2, -0.15) is 0 Å². The number of hydrogen-bond donors (Lipinski definition) is 0. The van der Waals surface area contributed by atoms with E-state index in [0.29, 0.717) is 0 Å². The molecule has 0 amide bonds. The fraction of sp³-hybridized carbons (Fsp3) is 0.462. The first-order valence-corrected chi connectivity index (χ1v) is 5.88. The summed E-state index contributed by atoms with van der Waals surface area (Å²) in [6.45, 7) is 8.56. The van der Waals surface area contributed by atoms with Gasteiger partial charge in [0.15, 0.2) is 0 Å². The Hall–Kier alpha value is -1.35. The number of rotatable bonds is 0. The maximum atomic E-state index is 5.42. The van der Waals surface area contributed by atoms with Gasteiger partial charge in [0.1, 0.15) is 5.65 Å². The summed E-state index contributed by atoms with van der Waals surface area (Å²) < 4.78 is 7.67. The quantitative estimate of drug-likeness (QED) is 0.680. The van der Waals surface area contributed by atoms with Crippen LogP contribution in [0, 0.1) is 6.92 Å². The van der Waals surface area contributed by atoms with E-state index >= 15 is 0 Å². The van der Waals surface area contributed by atoms with Gasteiger partial charge >= 0.3 is 0 Å². The lowest BCUT2D eigenvalue weighted by atomic mass is 10.2. The molecule has 0 saturated carbocycles. The SMILES string of the molecule is CC.Cc1ccnc2c1cc1n2CCOC1. The van der Waals surface area contributed by atoms with Crippen LogP contribution in [0.15, 0.2) is 18.3 Å². The minimum atomic E-state index is 0.718. The molecule has 0 bridgehead atoms. The van der Waals surface area contributed by atoms with Gasteiger partial charge in [-0.1, -0.05) is 13.8 Å². The number of aromatic nitrogens is 2. The monoisotopic (exact) mass is 218 g/mol. The van der Waals surface area contributed by atoms with Gasteiger partial charge in [-0.15, -0.1) is 0 Å². The number of nitrogens with zero attached hydrogens (tertiary/aromatic N) is 2. The number of hydrogen-bond acceptors (Lipinski definition) is 2. The lowest BCUT2D eigenvalue weighted by Gasteiger charge is -2.15. The zero-order valence-corrected chi connectivity index (χ0v) is 10.2. The minimum absolute atomic E-state index is 0.718. The van der Waals surface area contributed by atoms with Crippen LogP contribution in [0.25, 0.3) is 11.0 Å². The third-order valence-corrected chi connectivity index (χ3v) is 2.81. The van der Waals surface area contributed by atoms with E-state index in [2.05, 4.69) is 28.6 Å². The second-order valence-corrected chi connectivity index (χ2v) is 3.71. The van der Waals surface area contributed by atoms with E-state index in [4.69, 9.17) is 4.74 Å². The van der Waals surface area contributed by atoms with Gasteiger partial charge in [0.05, 0.1) is 13.2 Å². The van der Waals surface area contributed by atoms with Gasteiger partial charge in [0.2, 0.25) is 0 Å². The Morgan fingerprint density at radius 3 is 3.00 bits per heavy atom. The lowest BCUT2D eigenvalue weighted by Crippen LogP contribution is -2.15. The molecule has 1 aliphatic heterocycles. The molecule has 3 rings (SSSR count). The summed E-state index contributed by atoms with van der Waals surface area (Å²) in [5.74, 6) is 0. The van der Waals surface area contributed by atoms with Crippen molar-refractivity contribution < 1.29 is 4.74 Å². The first-order valence-electron chi connectivity index (χ1n) is 5.88. The molecule has 0 atom stereocenters.